The summed E-state index contributed by atoms with van der Waals surface area (Å²) in [5.74, 6) is -1.13. The Morgan fingerprint density at radius 2 is 0.785 bits per heavy atom. The molecule has 93 heavy (non-hydrogen) atoms. The number of carboxylic acid groups (broad SMARTS) is 2. The number of halogens is 4. The van der Waals surface area contributed by atoms with Gasteiger partial charge >= 0.3 is 37.7 Å². The predicted octanol–water partition coefficient (Wildman–Crippen LogP) is 12.1. The monoisotopic (exact) mass is 1340 g/mol. The largest absolute Gasteiger partial charge is 2.00 e. The van der Waals surface area contributed by atoms with Gasteiger partial charge in [-0.25, -0.2) is 8.78 Å². The first-order chi connectivity index (χ1) is 44.4. The third-order valence-electron chi connectivity index (χ3n) is 15.3. The molecule has 2 saturated carbocycles. The van der Waals surface area contributed by atoms with Crippen LogP contribution in [0.3, 0.4) is 0 Å². The molecule has 0 saturated heterocycles. The maximum Gasteiger partial charge on any atom is 2.00 e. The third kappa shape index (κ3) is 18.8. The zero-order valence-electron chi connectivity index (χ0n) is 50.8. The number of methoxy groups -OCH3 is 2. The fourth-order valence-electron chi connectivity index (χ4n) is 9.79. The van der Waals surface area contributed by atoms with Gasteiger partial charge in [0.15, 0.2) is 23.0 Å². The second kappa shape index (κ2) is 32.8. The molecule has 4 amide bonds. The van der Waals surface area contributed by atoms with Gasteiger partial charge in [0, 0.05) is 70.0 Å². The number of amides is 4. The number of anilines is 4. The van der Waals surface area contributed by atoms with Crippen LogP contribution in [0.5, 0.6) is 46.0 Å². The Kier molecular flexibility index (Phi) is 24.8. The molecule has 10 rings (SSSR count). The minimum atomic E-state index is -1.21. The molecule has 2 aliphatic carbocycles. The zero-order chi connectivity index (χ0) is 65.4. The molecule has 0 bridgehead atoms. The third-order valence-corrected chi connectivity index (χ3v) is 15.9. The molecular weight excluding hydrogens is 1270 g/mol. The van der Waals surface area contributed by atoms with Crippen LogP contribution in [0, 0.1) is 22.5 Å². The number of pyridine rings is 2. The zero-order valence-corrected chi connectivity index (χ0v) is 54.6. The first kappa shape index (κ1) is 70.3. The molecule has 2 aliphatic rings. The molecule has 2 fully saturated rings. The molecule has 8 aromatic rings. The molecule has 0 spiro atoms. The van der Waals surface area contributed by atoms with E-state index in [1.54, 1.807) is 73.1 Å². The second-order valence-corrected chi connectivity index (χ2v) is 22.7. The standard InChI is InChI=1S/2C34H33ClFN3O7.Ca/c2*1-44-29-19-24-26(20-30(29)45-17-5-3-2-4-6-31(40)41)37-16-13-27(24)46-28-12-11-23(18-25(28)35)39-33(43)34(14-15-34)32(42)38-22-9-7-21(36)8-10-22;/h2*7-13,16,18-20H,2-6,14-15,17H2,1H3,(H,38,42)(H,39,43)(H,40,41);/q;;+2/p-2. The Balaban J connectivity index is 0.000000236. The van der Waals surface area contributed by atoms with Gasteiger partial charge in [0.2, 0.25) is 23.6 Å². The number of hydrogen-bond donors (Lipinski definition) is 4. The summed E-state index contributed by atoms with van der Waals surface area (Å²) in [6.45, 7) is 0.865. The van der Waals surface area contributed by atoms with E-state index in [2.05, 4.69) is 31.2 Å². The quantitative estimate of drug-likeness (QED) is 0.0185. The van der Waals surface area contributed by atoms with Gasteiger partial charge in [0.05, 0.1) is 48.5 Å². The van der Waals surface area contributed by atoms with Crippen molar-refractivity contribution in [2.75, 3.05) is 48.7 Å². The number of nitrogens with one attached hydrogen (secondary N) is 4. The van der Waals surface area contributed by atoms with Crippen LogP contribution in [-0.2, 0) is 28.8 Å². The van der Waals surface area contributed by atoms with Crippen molar-refractivity contribution in [2.24, 2.45) is 10.8 Å². The van der Waals surface area contributed by atoms with Gasteiger partial charge < -0.3 is 69.5 Å². The Labute approximate surface area is 573 Å². The number of ether oxygens (including phenoxy) is 6. The van der Waals surface area contributed by atoms with Crippen molar-refractivity contribution >= 4 is 141 Å². The van der Waals surface area contributed by atoms with Crippen LogP contribution in [0.15, 0.2) is 134 Å². The maximum absolute atomic E-state index is 13.2. The number of aromatic nitrogens is 2. The predicted molar refractivity (Wildman–Crippen MR) is 343 cm³/mol. The van der Waals surface area contributed by atoms with Crippen LogP contribution in [0.4, 0.5) is 31.5 Å². The van der Waals surface area contributed by atoms with E-state index in [1.165, 1.54) is 74.9 Å². The van der Waals surface area contributed by atoms with Crippen LogP contribution in [0.2, 0.25) is 10.0 Å². The molecule has 480 valence electrons. The van der Waals surface area contributed by atoms with Crippen LogP contribution < -0.4 is 59.9 Å². The van der Waals surface area contributed by atoms with E-state index < -0.39 is 58.0 Å². The van der Waals surface area contributed by atoms with E-state index in [-0.39, 0.29) is 60.6 Å². The number of hydrogen-bond acceptors (Lipinski definition) is 16. The molecule has 0 unspecified atom stereocenters. The molecule has 2 aromatic heterocycles. The fourth-order valence-corrected chi connectivity index (χ4v) is 10.2. The van der Waals surface area contributed by atoms with E-state index in [9.17, 15) is 47.8 Å². The summed E-state index contributed by atoms with van der Waals surface area (Å²) in [4.78, 5) is 81.9. The van der Waals surface area contributed by atoms with Gasteiger partial charge in [-0.05, 0) is 173 Å². The SMILES string of the molecule is COc1cc2c(Oc3ccc(NC(=O)C4(C(=O)Nc5ccc(F)cc5)CC4)cc3Cl)ccnc2cc1OCCCCCCC(=O)[O-].COc1cc2c(Oc3ccc(NC(=O)C4(C(=O)Nc5ccc(F)cc5)CC4)cc3Cl)ccnc2cc1OCCCCCCC(=O)[O-].[Ca+2]. The van der Waals surface area contributed by atoms with Gasteiger partial charge in [-0.15, -0.1) is 0 Å². The Morgan fingerprint density at radius 3 is 1.12 bits per heavy atom. The molecule has 0 aliphatic heterocycles. The van der Waals surface area contributed by atoms with Gasteiger partial charge in [-0.1, -0.05) is 48.9 Å². The molecular formula is C68H64CaCl2F2N6O14. The molecule has 2 heterocycles. The smallest absolute Gasteiger partial charge is 0.550 e. The average Bonchev–Trinajstić information content (AvgIpc) is 1.58. The Morgan fingerprint density at radius 1 is 0.441 bits per heavy atom. The van der Waals surface area contributed by atoms with Crippen molar-refractivity contribution in [1.29, 1.82) is 0 Å². The van der Waals surface area contributed by atoms with Crippen molar-refractivity contribution in [3.8, 4) is 46.0 Å². The van der Waals surface area contributed by atoms with Crippen molar-refractivity contribution in [3.63, 3.8) is 0 Å². The van der Waals surface area contributed by atoms with Crippen LogP contribution in [0.1, 0.15) is 89.9 Å². The number of carbonyl (C=O) groups is 6. The fraction of sp³-hybridized carbons (Fsp3) is 0.294. The Hall–Kier alpha value is -8.54. The number of carbonyl (C=O) groups excluding carboxylic acids is 6. The summed E-state index contributed by atoms with van der Waals surface area (Å²) in [6.07, 6.45) is 10.7. The molecule has 0 atom stereocenters. The first-order valence-electron chi connectivity index (χ1n) is 29.7. The van der Waals surface area contributed by atoms with E-state index in [0.717, 1.165) is 38.5 Å². The molecule has 6 aromatic carbocycles. The topological polar surface area (TPSA) is 278 Å². The number of rotatable bonds is 30. The number of fused-ring (bicyclic) bond motifs is 2. The maximum atomic E-state index is 13.2. The molecule has 20 nitrogen and oxygen atoms in total. The van der Waals surface area contributed by atoms with Gasteiger partial charge in [0.25, 0.3) is 0 Å². The van der Waals surface area contributed by atoms with Crippen molar-refractivity contribution in [3.05, 3.63) is 155 Å². The minimum absolute atomic E-state index is 0. The van der Waals surface area contributed by atoms with Gasteiger partial charge in [0.1, 0.15) is 45.5 Å². The Bertz CT molecular complexity index is 3750. The number of nitrogens with zero attached hydrogens (tertiary/aromatic N) is 2. The summed E-state index contributed by atoms with van der Waals surface area (Å²) in [5.41, 5.74) is 0.378. The summed E-state index contributed by atoms with van der Waals surface area (Å²) in [7, 11) is 3.07. The van der Waals surface area contributed by atoms with Crippen LogP contribution >= 0.6 is 23.2 Å². The van der Waals surface area contributed by atoms with E-state index in [4.69, 9.17) is 51.6 Å². The molecule has 4 N–H and O–H groups in total. The second-order valence-electron chi connectivity index (χ2n) is 21.9. The van der Waals surface area contributed by atoms with Crippen LogP contribution in [0.25, 0.3) is 21.8 Å². The average molecular weight is 1340 g/mol. The molecule has 25 heteroatoms. The van der Waals surface area contributed by atoms with Crippen LogP contribution in [-0.4, -0.2) is 111 Å². The van der Waals surface area contributed by atoms with Gasteiger partial charge in [-0.2, -0.15) is 0 Å². The van der Waals surface area contributed by atoms with E-state index in [1.807, 2.05) is 0 Å². The van der Waals surface area contributed by atoms with Crippen molar-refractivity contribution < 1.29 is 76.2 Å². The summed E-state index contributed by atoms with van der Waals surface area (Å²) in [6, 6.07) is 30.7. The summed E-state index contributed by atoms with van der Waals surface area (Å²) >= 11 is 13.1. The minimum Gasteiger partial charge on any atom is -0.550 e. The summed E-state index contributed by atoms with van der Waals surface area (Å²) < 4.78 is 61.7. The van der Waals surface area contributed by atoms with Crippen molar-refractivity contribution in [1.82, 2.24) is 9.97 Å². The normalized spacial score (nSPS) is 13.0. The number of unbranched alkanes of at least 4 members (excludes halogenated alkanes) is 6. The molecule has 0 radical (unpaired) electrons. The van der Waals surface area contributed by atoms with Gasteiger partial charge in [-0.3, -0.25) is 29.1 Å². The van der Waals surface area contributed by atoms with Crippen molar-refractivity contribution in [2.45, 2.75) is 89.9 Å². The first-order valence-corrected chi connectivity index (χ1v) is 30.4. The number of aliphatic carboxylic acids is 2. The summed E-state index contributed by atoms with van der Waals surface area (Å²) in [5, 5.41) is 33.8. The van der Waals surface area contributed by atoms with E-state index >= 15 is 0 Å². The number of carboxylic acids is 2. The number of benzene rings is 6. The van der Waals surface area contributed by atoms with E-state index in [0.29, 0.717) is 142 Å².